The fraction of sp³-hybridized carbons (Fsp3) is 0.188. The van der Waals surface area contributed by atoms with Gasteiger partial charge >= 0.3 is 0 Å². The summed E-state index contributed by atoms with van der Waals surface area (Å²) in [6.07, 6.45) is -0.122. The number of aliphatic hydroxyl groups excluding tert-OH is 1. The Morgan fingerprint density at radius 1 is 1.25 bits per heavy atom. The van der Waals surface area contributed by atoms with E-state index in [0.717, 1.165) is 6.07 Å². The van der Waals surface area contributed by atoms with Crippen LogP contribution >= 0.6 is 0 Å². The highest BCUT2D eigenvalue weighted by molar-refractivity contribution is 5.42. The second kappa shape index (κ2) is 6.18. The van der Waals surface area contributed by atoms with Gasteiger partial charge < -0.3 is 9.84 Å². The van der Waals surface area contributed by atoms with E-state index in [0.29, 0.717) is 17.7 Å². The molecule has 2 aromatic rings. The summed E-state index contributed by atoms with van der Waals surface area (Å²) in [6, 6.07) is 12.8. The van der Waals surface area contributed by atoms with E-state index >= 15 is 0 Å². The van der Waals surface area contributed by atoms with Crippen molar-refractivity contribution in [1.29, 1.82) is 5.26 Å². The van der Waals surface area contributed by atoms with E-state index in [1.807, 2.05) is 13.0 Å². The van der Waals surface area contributed by atoms with Crippen LogP contribution in [0.2, 0.25) is 0 Å². The summed E-state index contributed by atoms with van der Waals surface area (Å²) in [6.45, 7) is 1.85. The summed E-state index contributed by atoms with van der Waals surface area (Å²) in [7, 11) is 0. The number of aliphatic hydroxyl groups is 1. The van der Waals surface area contributed by atoms with Crippen molar-refractivity contribution in [3.63, 3.8) is 0 Å². The zero-order valence-electron chi connectivity index (χ0n) is 11.0. The maximum absolute atomic E-state index is 13.8. The SMILES string of the molecule is CC[C@H](O)c1ccccc1Oc1ccc(C#N)cc1F. The average molecular weight is 271 g/mol. The third kappa shape index (κ3) is 2.95. The molecule has 4 heteroatoms. The Balaban J connectivity index is 2.33. The number of hydrogen-bond acceptors (Lipinski definition) is 3. The molecule has 0 aromatic heterocycles. The molecule has 0 aliphatic carbocycles. The van der Waals surface area contributed by atoms with Gasteiger partial charge in [-0.1, -0.05) is 25.1 Å². The van der Waals surface area contributed by atoms with Gasteiger partial charge in [-0.25, -0.2) is 4.39 Å². The molecule has 3 nitrogen and oxygen atoms in total. The van der Waals surface area contributed by atoms with Gasteiger partial charge in [-0.15, -0.1) is 0 Å². The first-order chi connectivity index (χ1) is 9.65. The topological polar surface area (TPSA) is 53.2 Å². The van der Waals surface area contributed by atoms with Crippen molar-refractivity contribution in [2.75, 3.05) is 0 Å². The van der Waals surface area contributed by atoms with Crippen LogP contribution in [0.25, 0.3) is 0 Å². The molecule has 0 unspecified atom stereocenters. The molecule has 0 saturated carbocycles. The smallest absolute Gasteiger partial charge is 0.167 e. The van der Waals surface area contributed by atoms with Crippen molar-refractivity contribution in [2.24, 2.45) is 0 Å². The van der Waals surface area contributed by atoms with Gasteiger partial charge in [0.05, 0.1) is 17.7 Å². The van der Waals surface area contributed by atoms with Crippen molar-refractivity contribution in [3.05, 3.63) is 59.4 Å². The molecule has 0 amide bonds. The van der Waals surface area contributed by atoms with Crippen molar-refractivity contribution in [3.8, 4) is 17.6 Å². The van der Waals surface area contributed by atoms with Crippen LogP contribution in [0.4, 0.5) is 4.39 Å². The molecule has 20 heavy (non-hydrogen) atoms. The fourth-order valence-corrected chi connectivity index (χ4v) is 1.84. The highest BCUT2D eigenvalue weighted by Crippen LogP contribution is 2.32. The molecule has 0 spiro atoms. The third-order valence-corrected chi connectivity index (χ3v) is 2.95. The molecule has 0 saturated heterocycles. The van der Waals surface area contributed by atoms with Gasteiger partial charge in [0.1, 0.15) is 5.75 Å². The van der Waals surface area contributed by atoms with Gasteiger partial charge in [-0.05, 0) is 30.7 Å². The standard InChI is InChI=1S/C16H14FNO2/c1-2-14(19)12-5-3-4-6-15(12)20-16-8-7-11(10-18)9-13(16)17/h3-9,14,19H,2H2,1H3/t14-/m0/s1. The molecule has 2 rings (SSSR count). The average Bonchev–Trinajstić information content (AvgIpc) is 2.49. The number of halogens is 1. The molecule has 2 aromatic carbocycles. The number of hydrogen-bond donors (Lipinski definition) is 1. The Morgan fingerprint density at radius 2 is 2.00 bits per heavy atom. The summed E-state index contributed by atoms with van der Waals surface area (Å²) >= 11 is 0. The number of nitriles is 1. The van der Waals surface area contributed by atoms with E-state index in [-0.39, 0.29) is 11.3 Å². The van der Waals surface area contributed by atoms with Crippen molar-refractivity contribution in [2.45, 2.75) is 19.4 Å². The van der Waals surface area contributed by atoms with Gasteiger partial charge in [-0.3, -0.25) is 0 Å². The summed E-state index contributed by atoms with van der Waals surface area (Å²) in [5, 5.41) is 18.6. The molecule has 0 radical (unpaired) electrons. The molecule has 0 aliphatic rings. The highest BCUT2D eigenvalue weighted by atomic mass is 19.1. The lowest BCUT2D eigenvalue weighted by Crippen LogP contribution is -1.99. The van der Waals surface area contributed by atoms with Crippen molar-refractivity contribution >= 4 is 0 Å². The van der Waals surface area contributed by atoms with Gasteiger partial charge in [-0.2, -0.15) is 5.26 Å². The predicted molar refractivity (Wildman–Crippen MR) is 72.9 cm³/mol. The van der Waals surface area contributed by atoms with Crippen LogP contribution in [0, 0.1) is 17.1 Å². The van der Waals surface area contributed by atoms with Crippen LogP contribution in [0.15, 0.2) is 42.5 Å². The maximum Gasteiger partial charge on any atom is 0.167 e. The number of para-hydroxylation sites is 1. The van der Waals surface area contributed by atoms with E-state index in [4.69, 9.17) is 10.00 Å². The Kier molecular flexibility index (Phi) is 4.34. The normalized spacial score (nSPS) is 11.7. The van der Waals surface area contributed by atoms with E-state index in [1.54, 1.807) is 24.3 Å². The molecule has 1 N–H and O–H groups in total. The zero-order valence-corrected chi connectivity index (χ0v) is 11.0. The monoisotopic (exact) mass is 271 g/mol. The Morgan fingerprint density at radius 3 is 2.65 bits per heavy atom. The molecule has 0 bridgehead atoms. The molecule has 102 valence electrons. The quantitative estimate of drug-likeness (QED) is 0.916. The zero-order chi connectivity index (χ0) is 14.5. The third-order valence-electron chi connectivity index (χ3n) is 2.95. The van der Waals surface area contributed by atoms with E-state index in [1.165, 1.54) is 12.1 Å². The highest BCUT2D eigenvalue weighted by Gasteiger charge is 2.13. The van der Waals surface area contributed by atoms with Gasteiger partial charge in [0.15, 0.2) is 11.6 Å². The fourth-order valence-electron chi connectivity index (χ4n) is 1.84. The number of nitrogens with zero attached hydrogens (tertiary/aromatic N) is 1. The molecule has 0 aliphatic heterocycles. The first-order valence-electron chi connectivity index (χ1n) is 6.30. The minimum atomic E-state index is -0.660. The second-order valence-electron chi connectivity index (χ2n) is 4.32. The molecule has 1 atom stereocenters. The van der Waals surface area contributed by atoms with Crippen LogP contribution in [-0.2, 0) is 0 Å². The van der Waals surface area contributed by atoms with Gasteiger partial charge in [0.2, 0.25) is 0 Å². The van der Waals surface area contributed by atoms with Crippen molar-refractivity contribution < 1.29 is 14.2 Å². The van der Waals surface area contributed by atoms with Crippen LogP contribution in [0.3, 0.4) is 0 Å². The lowest BCUT2D eigenvalue weighted by molar-refractivity contribution is 0.170. The van der Waals surface area contributed by atoms with Crippen LogP contribution in [0.5, 0.6) is 11.5 Å². The predicted octanol–water partition coefficient (Wildman–Crippen LogP) is 3.93. The molecular formula is C16H14FNO2. The Hall–Kier alpha value is -2.38. The summed E-state index contributed by atoms with van der Waals surface area (Å²) in [5.74, 6) is -0.171. The molecule has 0 fully saturated rings. The minimum Gasteiger partial charge on any atom is -0.454 e. The van der Waals surface area contributed by atoms with Gasteiger partial charge in [0.25, 0.3) is 0 Å². The number of rotatable bonds is 4. The Bertz CT molecular complexity index is 649. The van der Waals surface area contributed by atoms with Crippen LogP contribution < -0.4 is 4.74 Å². The number of ether oxygens (including phenoxy) is 1. The van der Waals surface area contributed by atoms with Crippen LogP contribution in [0.1, 0.15) is 30.6 Å². The first-order valence-corrected chi connectivity index (χ1v) is 6.30. The van der Waals surface area contributed by atoms with Gasteiger partial charge in [0, 0.05) is 5.56 Å². The minimum absolute atomic E-state index is 0.0275. The first kappa shape index (κ1) is 14.0. The van der Waals surface area contributed by atoms with E-state index < -0.39 is 11.9 Å². The lowest BCUT2D eigenvalue weighted by atomic mass is 10.1. The number of benzene rings is 2. The summed E-state index contributed by atoms with van der Waals surface area (Å²) in [5.41, 5.74) is 0.843. The molecular weight excluding hydrogens is 257 g/mol. The lowest BCUT2D eigenvalue weighted by Gasteiger charge is -2.15. The second-order valence-corrected chi connectivity index (χ2v) is 4.32. The largest absolute Gasteiger partial charge is 0.454 e. The Labute approximate surface area is 116 Å². The summed E-state index contributed by atoms with van der Waals surface area (Å²) in [4.78, 5) is 0. The van der Waals surface area contributed by atoms with E-state index in [9.17, 15) is 9.50 Å². The molecule has 0 heterocycles. The van der Waals surface area contributed by atoms with E-state index in [2.05, 4.69) is 0 Å². The summed E-state index contributed by atoms with van der Waals surface area (Å²) < 4.78 is 19.3. The van der Waals surface area contributed by atoms with Crippen LogP contribution in [-0.4, -0.2) is 5.11 Å². The maximum atomic E-state index is 13.8. The van der Waals surface area contributed by atoms with Crippen molar-refractivity contribution in [1.82, 2.24) is 0 Å².